The van der Waals surface area contributed by atoms with Crippen molar-refractivity contribution in [3.63, 3.8) is 0 Å². The third-order valence-corrected chi connectivity index (χ3v) is 4.62. The zero-order valence-electron chi connectivity index (χ0n) is 9.30. The summed E-state index contributed by atoms with van der Waals surface area (Å²) in [6, 6.07) is 1.56. The second-order valence-corrected chi connectivity index (χ2v) is 5.90. The number of carboxylic acid groups (broad SMARTS) is 1. The highest BCUT2D eigenvalue weighted by molar-refractivity contribution is 7.89. The SMILES string of the molecule is O=C(O)[C@@H]1CC(O)CN1S(=O)(=O)c1cccnc1. The van der Waals surface area contributed by atoms with Gasteiger partial charge in [0.1, 0.15) is 10.9 Å². The third kappa shape index (κ3) is 2.22. The van der Waals surface area contributed by atoms with Crippen LogP contribution in [0.15, 0.2) is 29.4 Å². The quantitative estimate of drug-likeness (QED) is 0.752. The van der Waals surface area contributed by atoms with E-state index >= 15 is 0 Å². The Morgan fingerprint density at radius 3 is 2.78 bits per heavy atom. The molecule has 2 heterocycles. The van der Waals surface area contributed by atoms with Gasteiger partial charge in [-0.3, -0.25) is 9.78 Å². The molecule has 2 atom stereocenters. The van der Waals surface area contributed by atoms with Crippen LogP contribution in [0.2, 0.25) is 0 Å². The van der Waals surface area contributed by atoms with Gasteiger partial charge in [-0.05, 0) is 12.1 Å². The summed E-state index contributed by atoms with van der Waals surface area (Å²) in [6.07, 6.45) is 1.51. The summed E-state index contributed by atoms with van der Waals surface area (Å²) < 4.78 is 25.2. The molecule has 1 aromatic heterocycles. The van der Waals surface area contributed by atoms with Crippen LogP contribution in [0.5, 0.6) is 0 Å². The molecule has 1 aliphatic heterocycles. The molecule has 1 aliphatic rings. The van der Waals surface area contributed by atoms with Crippen LogP contribution in [-0.4, -0.2) is 52.6 Å². The molecule has 1 saturated heterocycles. The first-order chi connectivity index (χ1) is 8.43. The average molecular weight is 272 g/mol. The number of hydrogen-bond donors (Lipinski definition) is 2. The van der Waals surface area contributed by atoms with Gasteiger partial charge >= 0.3 is 5.97 Å². The molecule has 1 aromatic rings. The molecule has 1 unspecified atom stereocenters. The van der Waals surface area contributed by atoms with Crippen LogP contribution in [0.25, 0.3) is 0 Å². The number of β-amino-alcohol motifs (C(OH)–C–C–N with tert-alkyl or cyclic N) is 1. The maximum absolute atomic E-state index is 12.2. The van der Waals surface area contributed by atoms with Gasteiger partial charge in [-0.25, -0.2) is 8.42 Å². The predicted octanol–water partition coefficient (Wildman–Crippen LogP) is -0.710. The molecule has 2 N–H and O–H groups in total. The van der Waals surface area contributed by atoms with Crippen molar-refractivity contribution in [3.8, 4) is 0 Å². The molecule has 0 aliphatic carbocycles. The highest BCUT2D eigenvalue weighted by atomic mass is 32.2. The first-order valence-corrected chi connectivity index (χ1v) is 6.69. The normalized spacial score (nSPS) is 25.2. The summed E-state index contributed by atoms with van der Waals surface area (Å²) in [5, 5.41) is 18.4. The molecule has 18 heavy (non-hydrogen) atoms. The molecule has 0 radical (unpaired) electrons. The first-order valence-electron chi connectivity index (χ1n) is 5.25. The minimum atomic E-state index is -3.94. The van der Waals surface area contributed by atoms with Gasteiger partial charge in [0.2, 0.25) is 10.0 Å². The fraction of sp³-hybridized carbons (Fsp3) is 0.400. The predicted molar refractivity (Wildman–Crippen MR) is 60.2 cm³/mol. The number of nitrogens with zero attached hydrogens (tertiary/aromatic N) is 2. The van der Waals surface area contributed by atoms with Gasteiger partial charge in [-0.1, -0.05) is 0 Å². The third-order valence-electron chi connectivity index (χ3n) is 2.76. The van der Waals surface area contributed by atoms with Crippen molar-refractivity contribution in [1.82, 2.24) is 9.29 Å². The van der Waals surface area contributed by atoms with E-state index in [4.69, 9.17) is 5.11 Å². The van der Waals surface area contributed by atoms with Gasteiger partial charge in [-0.15, -0.1) is 0 Å². The van der Waals surface area contributed by atoms with E-state index in [1.807, 2.05) is 0 Å². The summed E-state index contributed by atoms with van der Waals surface area (Å²) in [4.78, 5) is 14.6. The number of aliphatic carboxylic acids is 1. The highest BCUT2D eigenvalue weighted by Gasteiger charge is 2.43. The van der Waals surface area contributed by atoms with Crippen molar-refractivity contribution in [2.75, 3.05) is 6.54 Å². The molecule has 0 spiro atoms. The minimum Gasteiger partial charge on any atom is -0.480 e. The fourth-order valence-electron chi connectivity index (χ4n) is 1.91. The van der Waals surface area contributed by atoms with Gasteiger partial charge in [0.05, 0.1) is 6.10 Å². The van der Waals surface area contributed by atoms with Gasteiger partial charge in [0.25, 0.3) is 0 Å². The van der Waals surface area contributed by atoms with Crippen molar-refractivity contribution in [3.05, 3.63) is 24.5 Å². The van der Waals surface area contributed by atoms with Crippen LogP contribution in [0.3, 0.4) is 0 Å². The molecular weight excluding hydrogens is 260 g/mol. The molecule has 1 fully saturated rings. The molecule has 0 aromatic carbocycles. The van der Waals surface area contributed by atoms with Crippen LogP contribution >= 0.6 is 0 Å². The van der Waals surface area contributed by atoms with Crippen molar-refractivity contribution in [2.24, 2.45) is 0 Å². The Bertz CT molecular complexity index is 545. The lowest BCUT2D eigenvalue weighted by atomic mass is 10.2. The molecule has 7 nitrogen and oxygen atoms in total. The Kier molecular flexibility index (Phi) is 3.33. The number of aromatic nitrogens is 1. The van der Waals surface area contributed by atoms with Crippen molar-refractivity contribution >= 4 is 16.0 Å². The Hall–Kier alpha value is -1.51. The van der Waals surface area contributed by atoms with Crippen molar-refractivity contribution in [1.29, 1.82) is 0 Å². The smallest absolute Gasteiger partial charge is 0.322 e. The first kappa shape index (κ1) is 12.9. The van der Waals surface area contributed by atoms with E-state index in [0.29, 0.717) is 0 Å². The Morgan fingerprint density at radius 1 is 1.50 bits per heavy atom. The lowest BCUT2D eigenvalue weighted by molar-refractivity contribution is -0.140. The lowest BCUT2D eigenvalue weighted by Crippen LogP contribution is -2.40. The zero-order chi connectivity index (χ0) is 13.3. The van der Waals surface area contributed by atoms with E-state index in [1.54, 1.807) is 0 Å². The molecule has 98 valence electrons. The maximum atomic E-state index is 12.2. The second kappa shape index (κ2) is 4.63. The number of aliphatic hydroxyl groups excluding tert-OH is 1. The van der Waals surface area contributed by atoms with Gasteiger partial charge in [0.15, 0.2) is 0 Å². The fourth-order valence-corrected chi connectivity index (χ4v) is 3.50. The molecule has 0 saturated carbocycles. The van der Waals surface area contributed by atoms with Gasteiger partial charge in [0, 0.05) is 25.4 Å². The summed E-state index contributed by atoms with van der Waals surface area (Å²) >= 11 is 0. The Morgan fingerprint density at radius 2 is 2.22 bits per heavy atom. The van der Waals surface area contributed by atoms with Crippen LogP contribution < -0.4 is 0 Å². The maximum Gasteiger partial charge on any atom is 0.322 e. The highest BCUT2D eigenvalue weighted by Crippen LogP contribution is 2.25. The monoisotopic (exact) mass is 272 g/mol. The summed E-state index contributed by atoms with van der Waals surface area (Å²) in [6.45, 7) is -0.214. The number of carbonyl (C=O) groups is 1. The van der Waals surface area contributed by atoms with Crippen LogP contribution in [-0.2, 0) is 14.8 Å². The molecule has 2 rings (SSSR count). The van der Waals surface area contributed by atoms with Gasteiger partial charge in [-0.2, -0.15) is 4.31 Å². The van der Waals surface area contributed by atoms with E-state index in [1.165, 1.54) is 18.3 Å². The molecule has 0 bridgehead atoms. The largest absolute Gasteiger partial charge is 0.480 e. The van der Waals surface area contributed by atoms with Crippen LogP contribution in [0, 0.1) is 0 Å². The second-order valence-electron chi connectivity index (χ2n) is 4.01. The van der Waals surface area contributed by atoms with E-state index in [-0.39, 0.29) is 17.9 Å². The Labute approximate surface area is 104 Å². The molecular formula is C10H12N2O5S. The van der Waals surface area contributed by atoms with E-state index < -0.39 is 28.1 Å². The summed E-state index contributed by atoms with van der Waals surface area (Å²) in [5.74, 6) is -1.26. The standard InChI is InChI=1S/C10H12N2O5S/c13-7-4-9(10(14)15)12(6-7)18(16,17)8-2-1-3-11-5-8/h1-3,5,7,9,13H,4,6H2,(H,14,15)/t7?,9-/m0/s1. The summed E-state index contributed by atoms with van der Waals surface area (Å²) in [7, 11) is -3.94. The van der Waals surface area contributed by atoms with Crippen molar-refractivity contribution < 1.29 is 23.4 Å². The number of hydrogen-bond acceptors (Lipinski definition) is 5. The number of sulfonamides is 1. The lowest BCUT2D eigenvalue weighted by Gasteiger charge is -2.20. The molecule has 8 heteroatoms. The van der Waals surface area contributed by atoms with Crippen molar-refractivity contribution in [2.45, 2.75) is 23.5 Å². The van der Waals surface area contributed by atoms with E-state index in [2.05, 4.69) is 4.98 Å². The minimum absolute atomic E-state index is 0.0784. The van der Waals surface area contributed by atoms with E-state index in [0.717, 1.165) is 10.5 Å². The van der Waals surface area contributed by atoms with Crippen LogP contribution in [0.1, 0.15) is 6.42 Å². The van der Waals surface area contributed by atoms with Crippen LogP contribution in [0.4, 0.5) is 0 Å². The zero-order valence-corrected chi connectivity index (χ0v) is 10.1. The molecule has 0 amide bonds. The number of carboxylic acids is 1. The van der Waals surface area contributed by atoms with Gasteiger partial charge < -0.3 is 10.2 Å². The Balaban J connectivity index is 2.38. The number of pyridine rings is 1. The number of rotatable bonds is 3. The topological polar surface area (TPSA) is 108 Å². The average Bonchev–Trinajstić information content (AvgIpc) is 2.73. The van der Waals surface area contributed by atoms with E-state index in [9.17, 15) is 18.3 Å². The summed E-state index contributed by atoms with van der Waals surface area (Å²) in [5.41, 5.74) is 0. The number of aliphatic hydroxyl groups is 1.